The summed E-state index contributed by atoms with van der Waals surface area (Å²) in [5.41, 5.74) is 0.990. The van der Waals surface area contributed by atoms with E-state index in [9.17, 15) is 9.70 Å². The third-order valence-electron chi connectivity index (χ3n) is 5.59. The highest BCUT2D eigenvalue weighted by Crippen LogP contribution is 2.30. The lowest BCUT2D eigenvalue weighted by Crippen LogP contribution is -2.37. The van der Waals surface area contributed by atoms with E-state index in [1.54, 1.807) is 21.1 Å². The van der Waals surface area contributed by atoms with Gasteiger partial charge in [0.25, 0.3) is 0 Å². The number of thiazole rings is 1. The van der Waals surface area contributed by atoms with Crippen molar-refractivity contribution in [3.8, 4) is 17.5 Å². The summed E-state index contributed by atoms with van der Waals surface area (Å²) in [6.07, 6.45) is 1.96. The molecule has 1 aliphatic rings. The van der Waals surface area contributed by atoms with Crippen LogP contribution in [0.5, 0.6) is 17.5 Å². The fourth-order valence-corrected chi connectivity index (χ4v) is 4.49. The summed E-state index contributed by atoms with van der Waals surface area (Å²) in [6.45, 7) is 4.42. The van der Waals surface area contributed by atoms with Crippen LogP contribution in [0.1, 0.15) is 23.4 Å². The molecule has 3 heterocycles. The number of aromatic nitrogens is 4. The van der Waals surface area contributed by atoms with Gasteiger partial charge in [0, 0.05) is 25.7 Å². The third-order valence-corrected chi connectivity index (χ3v) is 6.56. The van der Waals surface area contributed by atoms with E-state index in [4.69, 9.17) is 23.7 Å². The molecule has 1 N–H and O–H groups in total. The lowest BCUT2D eigenvalue weighted by atomic mass is 10.1. The molecule has 1 unspecified atom stereocenters. The summed E-state index contributed by atoms with van der Waals surface area (Å²) in [4.78, 5) is 43.2. The molecule has 0 saturated carbocycles. The van der Waals surface area contributed by atoms with E-state index >= 15 is 0 Å². The van der Waals surface area contributed by atoms with Gasteiger partial charge in [0.1, 0.15) is 0 Å². The van der Waals surface area contributed by atoms with Crippen LogP contribution in [0, 0.1) is 4.91 Å². The molecule has 0 bridgehead atoms. The topological polar surface area (TPSA) is 159 Å². The second kappa shape index (κ2) is 13.6. The van der Waals surface area contributed by atoms with E-state index in [0.717, 1.165) is 16.9 Å². The third kappa shape index (κ3) is 7.26. The molecular formula is C24H29N7O7S. The van der Waals surface area contributed by atoms with Crippen LogP contribution in [0.2, 0.25) is 0 Å². The van der Waals surface area contributed by atoms with Crippen molar-refractivity contribution in [2.75, 3.05) is 64.0 Å². The van der Waals surface area contributed by atoms with Crippen molar-refractivity contribution in [2.24, 2.45) is 5.18 Å². The Labute approximate surface area is 228 Å². The molecule has 3 aromatic rings. The van der Waals surface area contributed by atoms with Gasteiger partial charge >= 0.3 is 12.0 Å². The van der Waals surface area contributed by atoms with Gasteiger partial charge in [-0.1, -0.05) is 17.4 Å². The molecule has 14 nitrogen and oxygen atoms in total. The molecule has 0 spiro atoms. The highest BCUT2D eigenvalue weighted by molar-refractivity contribution is 7.15. The van der Waals surface area contributed by atoms with Crippen molar-refractivity contribution < 1.29 is 28.5 Å². The van der Waals surface area contributed by atoms with Gasteiger partial charge in [0.2, 0.25) is 17.9 Å². The zero-order chi connectivity index (χ0) is 27.6. The zero-order valence-corrected chi connectivity index (χ0v) is 22.6. The number of esters is 1. The molecule has 0 aliphatic carbocycles. The number of rotatable bonds is 13. The van der Waals surface area contributed by atoms with E-state index in [-0.39, 0.29) is 18.6 Å². The molecule has 2 aromatic heterocycles. The van der Waals surface area contributed by atoms with E-state index in [0.29, 0.717) is 66.8 Å². The second-order valence-corrected chi connectivity index (χ2v) is 9.14. The number of hydrogen-bond donors (Lipinski definition) is 1. The van der Waals surface area contributed by atoms with Crippen LogP contribution in [-0.2, 0) is 20.7 Å². The van der Waals surface area contributed by atoms with Crippen molar-refractivity contribution >= 4 is 34.3 Å². The number of methoxy groups -OCH3 is 2. The van der Waals surface area contributed by atoms with Gasteiger partial charge in [0.05, 0.1) is 45.5 Å². The van der Waals surface area contributed by atoms with Crippen molar-refractivity contribution in [2.45, 2.75) is 19.4 Å². The van der Waals surface area contributed by atoms with E-state index in [1.807, 2.05) is 23.1 Å². The predicted octanol–water partition coefficient (Wildman–Crippen LogP) is 2.92. The smallest absolute Gasteiger partial charge is 0.340 e. The molecule has 208 valence electrons. The van der Waals surface area contributed by atoms with Crippen LogP contribution >= 0.6 is 11.3 Å². The van der Waals surface area contributed by atoms with Gasteiger partial charge in [-0.2, -0.15) is 15.0 Å². The molecule has 15 heteroatoms. The first-order valence-corrected chi connectivity index (χ1v) is 13.0. The molecular weight excluding hydrogens is 530 g/mol. The fraction of sp³-hybridized carbons (Fsp3) is 0.458. The Morgan fingerprint density at radius 1 is 1.18 bits per heavy atom. The Hall–Kier alpha value is -4.11. The number of carbonyl (C=O) groups excluding carboxylic acids is 1. The van der Waals surface area contributed by atoms with E-state index < -0.39 is 12.0 Å². The lowest BCUT2D eigenvalue weighted by Gasteiger charge is -2.26. The molecule has 1 saturated heterocycles. The highest BCUT2D eigenvalue weighted by atomic mass is 32.1. The average molecular weight is 560 g/mol. The van der Waals surface area contributed by atoms with Gasteiger partial charge in [-0.15, -0.1) is 4.91 Å². The summed E-state index contributed by atoms with van der Waals surface area (Å²) >= 11 is 1.07. The normalized spacial score (nSPS) is 13.9. The van der Waals surface area contributed by atoms with Gasteiger partial charge in [0.15, 0.2) is 16.6 Å². The van der Waals surface area contributed by atoms with Crippen LogP contribution < -0.4 is 24.4 Å². The first-order chi connectivity index (χ1) is 19.0. The SMILES string of the molecule is CCOC(=O)C(N=O)c1cnc(Nc2nc(OCCc3ccc(OC)c(OC)c3)nc(N3CCOCC3)n2)s1. The summed E-state index contributed by atoms with van der Waals surface area (Å²) in [7, 11) is 3.17. The zero-order valence-electron chi connectivity index (χ0n) is 21.8. The average Bonchev–Trinajstić information content (AvgIpc) is 3.41. The number of morpholine rings is 1. The van der Waals surface area contributed by atoms with Crippen LogP contribution in [0.3, 0.4) is 0 Å². The highest BCUT2D eigenvalue weighted by Gasteiger charge is 2.26. The summed E-state index contributed by atoms with van der Waals surface area (Å²) in [6, 6.07) is 4.49. The van der Waals surface area contributed by atoms with E-state index in [1.165, 1.54) is 6.20 Å². The number of carbonyl (C=O) groups is 1. The monoisotopic (exact) mass is 559 g/mol. The van der Waals surface area contributed by atoms with Gasteiger partial charge in [-0.05, 0) is 29.8 Å². The maximum absolute atomic E-state index is 12.0. The number of anilines is 3. The van der Waals surface area contributed by atoms with Crippen molar-refractivity contribution in [1.29, 1.82) is 0 Å². The summed E-state index contributed by atoms with van der Waals surface area (Å²) in [5, 5.41) is 6.26. The number of nitrogens with zero attached hydrogens (tertiary/aromatic N) is 6. The Morgan fingerprint density at radius 2 is 1.97 bits per heavy atom. The second-order valence-electron chi connectivity index (χ2n) is 8.08. The maximum atomic E-state index is 12.0. The standard InChI is InChI=1S/C24H29N7O7S/c1-4-37-20(32)19(30-33)18-14-25-24(39-18)28-21-26-22(31-8-11-36-12-9-31)29-23(27-21)38-10-7-15-5-6-16(34-2)17(13-15)35-3/h5-6,13-14,19H,4,7-12H2,1-3H3,(H,25,26,27,28,29). The quantitative estimate of drug-likeness (QED) is 0.241. The Bertz CT molecular complexity index is 1270. The first kappa shape index (κ1) is 27.9. The van der Waals surface area contributed by atoms with Crippen LogP contribution in [0.25, 0.3) is 0 Å². The molecule has 1 aliphatic heterocycles. The molecule has 0 radical (unpaired) electrons. The van der Waals surface area contributed by atoms with Crippen molar-refractivity contribution in [3.63, 3.8) is 0 Å². The molecule has 4 rings (SSSR count). The number of nitroso groups, excluding NO2 is 1. The number of ether oxygens (including phenoxy) is 5. The van der Waals surface area contributed by atoms with Gasteiger partial charge < -0.3 is 28.6 Å². The first-order valence-electron chi connectivity index (χ1n) is 12.2. The van der Waals surface area contributed by atoms with Gasteiger partial charge in [-0.25, -0.2) is 9.78 Å². The van der Waals surface area contributed by atoms with Crippen molar-refractivity contribution in [3.05, 3.63) is 39.7 Å². The van der Waals surface area contributed by atoms with Crippen LogP contribution in [0.15, 0.2) is 29.6 Å². The fourth-order valence-electron chi connectivity index (χ4n) is 3.67. The number of benzene rings is 1. The predicted molar refractivity (Wildman–Crippen MR) is 142 cm³/mol. The molecule has 0 amide bonds. The molecule has 1 aromatic carbocycles. The lowest BCUT2D eigenvalue weighted by molar-refractivity contribution is -0.144. The van der Waals surface area contributed by atoms with Crippen molar-refractivity contribution in [1.82, 2.24) is 19.9 Å². The largest absolute Gasteiger partial charge is 0.493 e. The van der Waals surface area contributed by atoms with E-state index in [2.05, 4.69) is 30.4 Å². The summed E-state index contributed by atoms with van der Waals surface area (Å²) < 4.78 is 26.9. The Kier molecular flexibility index (Phi) is 9.74. The Morgan fingerprint density at radius 3 is 2.69 bits per heavy atom. The Balaban J connectivity index is 1.50. The minimum Gasteiger partial charge on any atom is -0.493 e. The van der Waals surface area contributed by atoms with Crippen LogP contribution in [0.4, 0.5) is 17.0 Å². The molecule has 39 heavy (non-hydrogen) atoms. The minimum atomic E-state index is -1.30. The molecule has 1 atom stereocenters. The number of nitrogens with one attached hydrogen (secondary N) is 1. The molecule has 1 fully saturated rings. The number of hydrogen-bond acceptors (Lipinski definition) is 15. The minimum absolute atomic E-state index is 0.130. The summed E-state index contributed by atoms with van der Waals surface area (Å²) in [5.74, 6) is 1.16. The van der Waals surface area contributed by atoms with Gasteiger partial charge in [-0.3, -0.25) is 5.32 Å². The van der Waals surface area contributed by atoms with Crippen LogP contribution in [-0.4, -0.2) is 79.6 Å². The maximum Gasteiger partial charge on any atom is 0.340 e.